The number of thiazole rings is 1. The Kier molecular flexibility index (Phi) is 5.75. The molecule has 1 heterocycles. The molecule has 0 aromatic carbocycles. The summed E-state index contributed by atoms with van der Waals surface area (Å²) < 4.78 is 0. The van der Waals surface area contributed by atoms with Crippen molar-refractivity contribution in [3.8, 4) is 0 Å². The maximum Gasteiger partial charge on any atom is 0.326 e. The highest BCUT2D eigenvalue weighted by atomic mass is 32.1. The molecular weight excluding hydrogens is 266 g/mol. The molecule has 0 radical (unpaired) electrons. The van der Waals surface area contributed by atoms with Gasteiger partial charge >= 0.3 is 12.0 Å². The molecule has 19 heavy (non-hydrogen) atoms. The number of urea groups is 1. The van der Waals surface area contributed by atoms with E-state index in [0.29, 0.717) is 13.0 Å². The van der Waals surface area contributed by atoms with Gasteiger partial charge in [-0.25, -0.2) is 14.6 Å². The van der Waals surface area contributed by atoms with Gasteiger partial charge in [0.05, 0.1) is 17.7 Å². The highest BCUT2D eigenvalue weighted by Gasteiger charge is 2.25. The average Bonchev–Trinajstić information content (AvgIpc) is 2.77. The molecule has 2 atom stereocenters. The normalized spacial score (nSPS) is 13.6. The Bertz CT molecular complexity index is 447. The Morgan fingerprint density at radius 2 is 2.21 bits per heavy atom. The lowest BCUT2D eigenvalue weighted by atomic mass is 9.99. The number of carboxylic acid groups (broad SMARTS) is 1. The van der Waals surface area contributed by atoms with Crippen molar-refractivity contribution in [3.63, 3.8) is 0 Å². The zero-order valence-electron chi connectivity index (χ0n) is 11.3. The van der Waals surface area contributed by atoms with E-state index in [1.165, 1.54) is 11.3 Å². The van der Waals surface area contributed by atoms with Crippen LogP contribution in [0.5, 0.6) is 0 Å². The SMILES string of the molecule is CCC(C)C(NC(=O)NCc1scnc1C)C(=O)O. The quantitative estimate of drug-likeness (QED) is 0.742. The van der Waals surface area contributed by atoms with Crippen LogP contribution in [0, 0.1) is 12.8 Å². The highest BCUT2D eigenvalue weighted by Crippen LogP contribution is 2.11. The van der Waals surface area contributed by atoms with E-state index in [-0.39, 0.29) is 5.92 Å². The second-order valence-corrected chi connectivity index (χ2v) is 5.33. The number of aromatic nitrogens is 1. The summed E-state index contributed by atoms with van der Waals surface area (Å²) in [4.78, 5) is 27.8. The van der Waals surface area contributed by atoms with E-state index in [1.54, 1.807) is 12.4 Å². The van der Waals surface area contributed by atoms with Crippen LogP contribution in [0.15, 0.2) is 5.51 Å². The topological polar surface area (TPSA) is 91.3 Å². The second kappa shape index (κ2) is 7.08. The number of carboxylic acids is 1. The van der Waals surface area contributed by atoms with E-state index in [4.69, 9.17) is 5.11 Å². The van der Waals surface area contributed by atoms with Gasteiger partial charge in [-0.15, -0.1) is 11.3 Å². The molecule has 6 nitrogen and oxygen atoms in total. The van der Waals surface area contributed by atoms with Crippen LogP contribution >= 0.6 is 11.3 Å². The minimum absolute atomic E-state index is 0.117. The zero-order chi connectivity index (χ0) is 14.4. The molecule has 0 saturated carbocycles. The molecule has 0 aliphatic rings. The molecule has 2 unspecified atom stereocenters. The fraction of sp³-hybridized carbons (Fsp3) is 0.583. The van der Waals surface area contributed by atoms with Gasteiger partial charge in [-0.2, -0.15) is 0 Å². The molecule has 1 aromatic rings. The number of carbonyl (C=O) groups is 2. The van der Waals surface area contributed by atoms with Crippen molar-refractivity contribution in [3.05, 3.63) is 16.1 Å². The second-order valence-electron chi connectivity index (χ2n) is 4.39. The summed E-state index contributed by atoms with van der Waals surface area (Å²) >= 11 is 1.46. The van der Waals surface area contributed by atoms with Crippen molar-refractivity contribution in [2.24, 2.45) is 5.92 Å². The van der Waals surface area contributed by atoms with Gasteiger partial charge in [0.25, 0.3) is 0 Å². The van der Waals surface area contributed by atoms with Crippen molar-refractivity contribution >= 4 is 23.3 Å². The molecular formula is C12H19N3O3S. The van der Waals surface area contributed by atoms with Gasteiger partial charge in [-0.05, 0) is 12.8 Å². The Balaban J connectivity index is 2.49. The monoisotopic (exact) mass is 285 g/mol. The third-order valence-electron chi connectivity index (χ3n) is 3.02. The van der Waals surface area contributed by atoms with Crippen LogP contribution in [0.4, 0.5) is 4.79 Å². The molecule has 1 rings (SSSR count). The summed E-state index contributed by atoms with van der Waals surface area (Å²) in [7, 11) is 0. The number of rotatable bonds is 6. The van der Waals surface area contributed by atoms with E-state index in [9.17, 15) is 9.59 Å². The summed E-state index contributed by atoms with van der Waals surface area (Å²) in [5.41, 5.74) is 2.59. The Morgan fingerprint density at radius 1 is 1.53 bits per heavy atom. The molecule has 0 aliphatic carbocycles. The molecule has 3 N–H and O–H groups in total. The molecule has 0 saturated heterocycles. The fourth-order valence-electron chi connectivity index (χ4n) is 1.53. The average molecular weight is 285 g/mol. The van der Waals surface area contributed by atoms with Crippen molar-refractivity contribution in [1.82, 2.24) is 15.6 Å². The number of aliphatic carboxylic acids is 1. The lowest BCUT2D eigenvalue weighted by Crippen LogP contribution is -2.48. The van der Waals surface area contributed by atoms with E-state index in [0.717, 1.165) is 10.6 Å². The third kappa shape index (κ3) is 4.51. The lowest BCUT2D eigenvalue weighted by molar-refractivity contribution is -0.140. The van der Waals surface area contributed by atoms with Crippen LogP contribution in [0.25, 0.3) is 0 Å². The standard InChI is InChI=1S/C12H19N3O3S/c1-4-7(2)10(11(16)17)15-12(18)13-5-9-8(3)14-6-19-9/h6-7,10H,4-5H2,1-3H3,(H,16,17)(H2,13,15,18). The first-order valence-corrected chi connectivity index (χ1v) is 6.99. The van der Waals surface area contributed by atoms with E-state index in [2.05, 4.69) is 15.6 Å². The van der Waals surface area contributed by atoms with Crippen LogP contribution < -0.4 is 10.6 Å². The number of nitrogens with one attached hydrogen (secondary N) is 2. The van der Waals surface area contributed by atoms with E-state index >= 15 is 0 Å². The van der Waals surface area contributed by atoms with Crippen LogP contribution in [0.2, 0.25) is 0 Å². The summed E-state index contributed by atoms with van der Waals surface area (Å²) in [5.74, 6) is -1.13. The van der Waals surface area contributed by atoms with Gasteiger partial charge in [0.2, 0.25) is 0 Å². The predicted molar refractivity (Wildman–Crippen MR) is 73.1 cm³/mol. The minimum Gasteiger partial charge on any atom is -0.480 e. The Labute approximate surface area is 116 Å². The smallest absolute Gasteiger partial charge is 0.326 e. The number of aryl methyl sites for hydroxylation is 1. The van der Waals surface area contributed by atoms with Crippen LogP contribution in [0.3, 0.4) is 0 Å². The van der Waals surface area contributed by atoms with E-state index < -0.39 is 18.0 Å². The van der Waals surface area contributed by atoms with Crippen molar-refractivity contribution < 1.29 is 14.7 Å². The maximum absolute atomic E-state index is 11.7. The fourth-order valence-corrected chi connectivity index (χ4v) is 2.25. The summed E-state index contributed by atoms with van der Waals surface area (Å²) in [6.45, 7) is 5.91. The molecule has 1 aromatic heterocycles. The van der Waals surface area contributed by atoms with Gasteiger partial charge < -0.3 is 15.7 Å². The van der Waals surface area contributed by atoms with Crippen molar-refractivity contribution in [1.29, 1.82) is 0 Å². The molecule has 0 bridgehead atoms. The number of hydrogen-bond donors (Lipinski definition) is 3. The first-order valence-electron chi connectivity index (χ1n) is 6.11. The van der Waals surface area contributed by atoms with Gasteiger partial charge in [0, 0.05) is 4.88 Å². The van der Waals surface area contributed by atoms with Gasteiger partial charge in [-0.3, -0.25) is 0 Å². The van der Waals surface area contributed by atoms with Crippen molar-refractivity contribution in [2.75, 3.05) is 0 Å². The van der Waals surface area contributed by atoms with Gasteiger partial charge in [-0.1, -0.05) is 20.3 Å². The van der Waals surface area contributed by atoms with Crippen LogP contribution in [0.1, 0.15) is 30.8 Å². The molecule has 106 valence electrons. The summed E-state index contributed by atoms with van der Waals surface area (Å²) in [6, 6.07) is -1.34. The molecule has 2 amide bonds. The van der Waals surface area contributed by atoms with Crippen LogP contribution in [-0.2, 0) is 11.3 Å². The Hall–Kier alpha value is -1.63. The Morgan fingerprint density at radius 3 is 2.68 bits per heavy atom. The number of carbonyl (C=O) groups excluding carboxylic acids is 1. The van der Waals surface area contributed by atoms with Gasteiger partial charge in [0.1, 0.15) is 6.04 Å². The lowest BCUT2D eigenvalue weighted by Gasteiger charge is -2.20. The first-order chi connectivity index (χ1) is 8.95. The molecule has 0 fully saturated rings. The summed E-state index contributed by atoms with van der Waals surface area (Å²) in [6.07, 6.45) is 0.686. The van der Waals surface area contributed by atoms with Gasteiger partial charge in [0.15, 0.2) is 0 Å². The predicted octanol–water partition coefficient (Wildman–Crippen LogP) is 1.75. The number of amides is 2. The number of nitrogens with zero attached hydrogens (tertiary/aromatic N) is 1. The number of hydrogen-bond acceptors (Lipinski definition) is 4. The zero-order valence-corrected chi connectivity index (χ0v) is 12.1. The molecule has 7 heteroatoms. The maximum atomic E-state index is 11.7. The van der Waals surface area contributed by atoms with Crippen molar-refractivity contribution in [2.45, 2.75) is 39.8 Å². The third-order valence-corrected chi connectivity index (χ3v) is 3.96. The first kappa shape index (κ1) is 15.4. The highest BCUT2D eigenvalue weighted by molar-refractivity contribution is 7.09. The van der Waals surface area contributed by atoms with Crippen LogP contribution in [-0.4, -0.2) is 28.1 Å². The summed E-state index contributed by atoms with van der Waals surface area (Å²) in [5, 5.41) is 14.2. The minimum atomic E-state index is -1.02. The van der Waals surface area contributed by atoms with E-state index in [1.807, 2.05) is 13.8 Å². The molecule has 0 spiro atoms. The molecule has 0 aliphatic heterocycles. The largest absolute Gasteiger partial charge is 0.480 e.